The maximum absolute atomic E-state index is 9.50. The van der Waals surface area contributed by atoms with Crippen LogP contribution >= 0.6 is 11.6 Å². The lowest BCUT2D eigenvalue weighted by Gasteiger charge is -2.12. The minimum Gasteiger partial charge on any atom is -0.508 e. The van der Waals surface area contributed by atoms with Crippen LogP contribution in [0.4, 0.5) is 5.69 Å². The first-order chi connectivity index (χ1) is 6.06. The number of halogens is 1. The van der Waals surface area contributed by atoms with Gasteiger partial charge in [0, 0.05) is 17.7 Å². The van der Waals surface area contributed by atoms with Crippen LogP contribution in [0.1, 0.15) is 24.9 Å². The van der Waals surface area contributed by atoms with E-state index in [4.69, 9.17) is 23.1 Å². The average Bonchev–Trinajstić information content (AvgIpc) is 2.10. The van der Waals surface area contributed by atoms with Crippen LogP contribution in [0.15, 0.2) is 12.1 Å². The first-order valence-electron chi connectivity index (χ1n) is 4.09. The Labute approximate surface area is 82.3 Å². The predicted octanol–water partition coefficient (Wildman–Crippen LogP) is 2.04. The summed E-state index contributed by atoms with van der Waals surface area (Å²) in [5.41, 5.74) is 12.3. The van der Waals surface area contributed by atoms with Crippen molar-refractivity contribution in [3.8, 4) is 5.75 Å². The summed E-state index contributed by atoms with van der Waals surface area (Å²) >= 11 is 5.80. The van der Waals surface area contributed by atoms with Crippen LogP contribution in [0.5, 0.6) is 5.75 Å². The maximum atomic E-state index is 9.50. The highest BCUT2D eigenvalue weighted by Gasteiger charge is 2.11. The lowest BCUT2D eigenvalue weighted by molar-refractivity contribution is 0.460. The van der Waals surface area contributed by atoms with Gasteiger partial charge in [-0.2, -0.15) is 0 Å². The molecule has 5 N–H and O–H groups in total. The summed E-state index contributed by atoms with van der Waals surface area (Å²) in [5.74, 6) is 0.108. The third-order valence-electron chi connectivity index (χ3n) is 1.99. The minimum absolute atomic E-state index is 0.108. The molecule has 0 aliphatic carbocycles. The normalized spacial score (nSPS) is 12.8. The molecule has 1 rings (SSSR count). The van der Waals surface area contributed by atoms with Gasteiger partial charge in [-0.15, -0.1) is 0 Å². The third kappa shape index (κ3) is 2.05. The zero-order valence-corrected chi connectivity index (χ0v) is 8.17. The smallest absolute Gasteiger partial charge is 0.122 e. The Morgan fingerprint density at radius 2 is 2.15 bits per heavy atom. The molecule has 0 aliphatic rings. The number of hydrogen-bond donors (Lipinski definition) is 3. The molecule has 1 aromatic carbocycles. The van der Waals surface area contributed by atoms with Crippen LogP contribution in [-0.4, -0.2) is 5.11 Å². The average molecular weight is 201 g/mol. The Balaban J connectivity index is 3.15. The maximum Gasteiger partial charge on any atom is 0.122 e. The van der Waals surface area contributed by atoms with E-state index in [2.05, 4.69) is 0 Å². The number of nitrogens with two attached hydrogens (primary N) is 2. The topological polar surface area (TPSA) is 72.3 Å². The Morgan fingerprint density at radius 3 is 2.69 bits per heavy atom. The third-order valence-corrected chi connectivity index (χ3v) is 2.31. The van der Waals surface area contributed by atoms with E-state index < -0.39 is 0 Å². The molecule has 0 radical (unpaired) electrons. The second kappa shape index (κ2) is 3.85. The number of phenolic OH excluding ortho intramolecular Hbond substituents is 1. The van der Waals surface area contributed by atoms with Crippen LogP contribution < -0.4 is 11.5 Å². The number of anilines is 1. The van der Waals surface area contributed by atoms with Crippen molar-refractivity contribution in [2.45, 2.75) is 19.4 Å². The molecule has 0 saturated carbocycles. The van der Waals surface area contributed by atoms with Gasteiger partial charge in [-0.1, -0.05) is 18.5 Å². The molecule has 0 aliphatic heterocycles. The van der Waals surface area contributed by atoms with Crippen molar-refractivity contribution in [1.82, 2.24) is 0 Å². The summed E-state index contributed by atoms with van der Waals surface area (Å²) in [5, 5.41) is 9.93. The second-order valence-corrected chi connectivity index (χ2v) is 3.35. The second-order valence-electron chi connectivity index (χ2n) is 2.95. The first-order valence-corrected chi connectivity index (χ1v) is 4.47. The molecule has 0 heterocycles. The molecule has 0 amide bonds. The summed E-state index contributed by atoms with van der Waals surface area (Å²) < 4.78 is 0. The highest BCUT2D eigenvalue weighted by molar-refractivity contribution is 6.33. The highest BCUT2D eigenvalue weighted by Crippen LogP contribution is 2.31. The van der Waals surface area contributed by atoms with E-state index >= 15 is 0 Å². The molecule has 3 nitrogen and oxygen atoms in total. The Hall–Kier alpha value is -0.930. The fourth-order valence-electron chi connectivity index (χ4n) is 1.11. The Kier molecular flexibility index (Phi) is 3.01. The van der Waals surface area contributed by atoms with Crippen molar-refractivity contribution < 1.29 is 5.11 Å². The Morgan fingerprint density at radius 1 is 1.54 bits per heavy atom. The number of rotatable bonds is 2. The number of hydrogen-bond acceptors (Lipinski definition) is 3. The molecule has 72 valence electrons. The van der Waals surface area contributed by atoms with Crippen molar-refractivity contribution in [3.05, 3.63) is 22.7 Å². The van der Waals surface area contributed by atoms with Gasteiger partial charge in [0.05, 0.1) is 10.7 Å². The van der Waals surface area contributed by atoms with Crippen molar-refractivity contribution in [1.29, 1.82) is 0 Å². The molecule has 1 aromatic rings. The first kappa shape index (κ1) is 10.2. The van der Waals surface area contributed by atoms with Gasteiger partial charge in [0.25, 0.3) is 0 Å². The van der Waals surface area contributed by atoms with E-state index in [-0.39, 0.29) is 11.8 Å². The molecular formula is C9H13ClN2O. The predicted molar refractivity (Wildman–Crippen MR) is 54.7 cm³/mol. The number of aromatic hydroxyl groups is 1. The summed E-state index contributed by atoms with van der Waals surface area (Å²) in [4.78, 5) is 0. The number of benzene rings is 1. The molecule has 0 fully saturated rings. The fourth-order valence-corrected chi connectivity index (χ4v) is 1.28. The van der Waals surface area contributed by atoms with Gasteiger partial charge in [0.2, 0.25) is 0 Å². The fraction of sp³-hybridized carbons (Fsp3) is 0.333. The monoisotopic (exact) mass is 200 g/mol. The van der Waals surface area contributed by atoms with Crippen LogP contribution in [0.3, 0.4) is 0 Å². The van der Waals surface area contributed by atoms with Crippen LogP contribution in [0.2, 0.25) is 5.02 Å². The summed E-state index contributed by atoms with van der Waals surface area (Å²) in [6.45, 7) is 1.94. The van der Waals surface area contributed by atoms with Crippen molar-refractivity contribution in [2.24, 2.45) is 5.73 Å². The van der Waals surface area contributed by atoms with E-state index in [0.717, 1.165) is 6.42 Å². The molecule has 1 unspecified atom stereocenters. The zero-order valence-electron chi connectivity index (χ0n) is 7.42. The minimum atomic E-state index is -0.196. The molecule has 4 heteroatoms. The van der Waals surface area contributed by atoms with Crippen molar-refractivity contribution in [3.63, 3.8) is 0 Å². The summed E-state index contributed by atoms with van der Waals surface area (Å²) in [7, 11) is 0. The van der Waals surface area contributed by atoms with Gasteiger partial charge in [-0.3, -0.25) is 0 Å². The van der Waals surface area contributed by atoms with Crippen LogP contribution in [0.25, 0.3) is 0 Å². The van der Waals surface area contributed by atoms with E-state index in [1.807, 2.05) is 6.92 Å². The summed E-state index contributed by atoms with van der Waals surface area (Å²) in [6, 6.07) is 2.84. The molecule has 1 atom stereocenters. The zero-order chi connectivity index (χ0) is 10.0. The standard InChI is InChI=1S/C9H13ClN2O/c1-2-7(11)5-3-6(10)8(12)4-9(5)13/h3-4,7,13H,2,11-12H2,1H3. The Bertz CT molecular complexity index is 315. The lowest BCUT2D eigenvalue weighted by Crippen LogP contribution is -2.09. The molecule has 0 saturated heterocycles. The molecule has 0 bridgehead atoms. The van der Waals surface area contributed by atoms with Crippen LogP contribution in [0, 0.1) is 0 Å². The van der Waals surface area contributed by atoms with Crippen molar-refractivity contribution >= 4 is 17.3 Å². The van der Waals surface area contributed by atoms with Gasteiger partial charge in [-0.05, 0) is 12.5 Å². The van der Waals surface area contributed by atoms with Crippen molar-refractivity contribution in [2.75, 3.05) is 5.73 Å². The molecular weight excluding hydrogens is 188 g/mol. The van der Waals surface area contributed by atoms with E-state index in [1.54, 1.807) is 6.07 Å². The van der Waals surface area contributed by atoms with Gasteiger partial charge < -0.3 is 16.6 Å². The van der Waals surface area contributed by atoms with Gasteiger partial charge in [-0.25, -0.2) is 0 Å². The van der Waals surface area contributed by atoms with Gasteiger partial charge in [0.1, 0.15) is 5.75 Å². The SMILES string of the molecule is CCC(N)c1cc(Cl)c(N)cc1O. The molecule has 0 spiro atoms. The quantitative estimate of drug-likeness (QED) is 0.640. The highest BCUT2D eigenvalue weighted by atomic mass is 35.5. The van der Waals surface area contributed by atoms with E-state index in [0.29, 0.717) is 16.3 Å². The largest absolute Gasteiger partial charge is 0.508 e. The molecule has 0 aromatic heterocycles. The van der Waals surface area contributed by atoms with E-state index in [1.165, 1.54) is 6.07 Å². The summed E-state index contributed by atoms with van der Waals surface area (Å²) in [6.07, 6.45) is 0.744. The lowest BCUT2D eigenvalue weighted by atomic mass is 10.0. The van der Waals surface area contributed by atoms with Gasteiger partial charge in [0.15, 0.2) is 0 Å². The van der Waals surface area contributed by atoms with Crippen LogP contribution in [-0.2, 0) is 0 Å². The van der Waals surface area contributed by atoms with Gasteiger partial charge >= 0.3 is 0 Å². The number of nitrogen functional groups attached to an aromatic ring is 1. The van der Waals surface area contributed by atoms with E-state index in [9.17, 15) is 5.11 Å². The molecule has 13 heavy (non-hydrogen) atoms. The number of phenols is 1.